The van der Waals surface area contributed by atoms with Crippen molar-refractivity contribution in [1.29, 1.82) is 0 Å². The molecule has 0 saturated carbocycles. The van der Waals surface area contributed by atoms with Crippen molar-refractivity contribution in [2.24, 2.45) is 5.73 Å². The van der Waals surface area contributed by atoms with E-state index in [1.54, 1.807) is 0 Å². The smallest absolute Gasteiger partial charge is 0.0353 e. The molecule has 23 heavy (non-hydrogen) atoms. The zero-order valence-electron chi connectivity index (χ0n) is 13.3. The molecule has 3 aromatic rings. The van der Waals surface area contributed by atoms with Gasteiger partial charge in [0.1, 0.15) is 0 Å². The Morgan fingerprint density at radius 2 is 1.26 bits per heavy atom. The zero-order valence-corrected chi connectivity index (χ0v) is 13.3. The molecule has 3 rings (SSSR count). The van der Waals surface area contributed by atoms with E-state index in [0.717, 1.165) is 11.3 Å². The van der Waals surface area contributed by atoms with Crippen molar-refractivity contribution in [3.05, 3.63) is 102 Å². The summed E-state index contributed by atoms with van der Waals surface area (Å²) in [6.45, 7) is 2.17. The van der Waals surface area contributed by atoms with Gasteiger partial charge in [-0.2, -0.15) is 0 Å². The summed E-state index contributed by atoms with van der Waals surface area (Å²) >= 11 is 0. The van der Waals surface area contributed by atoms with Crippen LogP contribution in [0.4, 0.5) is 0 Å². The Labute approximate surface area is 138 Å². The largest absolute Gasteiger partial charge is 0.398 e. The van der Waals surface area contributed by atoms with Crippen LogP contribution in [0.5, 0.6) is 0 Å². The summed E-state index contributed by atoms with van der Waals surface area (Å²) in [7, 11) is 0. The van der Waals surface area contributed by atoms with E-state index in [2.05, 4.69) is 85.8 Å². The van der Waals surface area contributed by atoms with Crippen LogP contribution < -0.4 is 5.73 Å². The fourth-order valence-electron chi connectivity index (χ4n) is 2.70. The lowest BCUT2D eigenvalue weighted by Crippen LogP contribution is -1.99. The van der Waals surface area contributed by atoms with Crippen molar-refractivity contribution >= 4 is 5.70 Å². The highest BCUT2D eigenvalue weighted by molar-refractivity contribution is 5.69. The third-order valence-corrected chi connectivity index (χ3v) is 4.08. The summed E-state index contributed by atoms with van der Waals surface area (Å²) in [6, 6.07) is 29.2. The van der Waals surface area contributed by atoms with Crippen molar-refractivity contribution in [2.75, 3.05) is 0 Å². The summed E-state index contributed by atoms with van der Waals surface area (Å²) in [4.78, 5) is 0. The third kappa shape index (κ3) is 3.70. The van der Waals surface area contributed by atoms with E-state index in [0.29, 0.717) is 5.92 Å². The van der Waals surface area contributed by atoms with Gasteiger partial charge in [0, 0.05) is 11.6 Å². The van der Waals surface area contributed by atoms with Gasteiger partial charge in [-0.3, -0.25) is 0 Å². The van der Waals surface area contributed by atoms with Crippen LogP contribution in [0.25, 0.3) is 16.8 Å². The van der Waals surface area contributed by atoms with E-state index in [-0.39, 0.29) is 0 Å². The van der Waals surface area contributed by atoms with Crippen LogP contribution in [0.1, 0.15) is 24.0 Å². The molecular weight excluding hydrogens is 278 g/mol. The van der Waals surface area contributed by atoms with Crippen LogP contribution in [0, 0.1) is 0 Å². The minimum absolute atomic E-state index is 0.296. The topological polar surface area (TPSA) is 26.0 Å². The highest BCUT2D eigenvalue weighted by Gasteiger charge is 2.04. The summed E-state index contributed by atoms with van der Waals surface area (Å²) in [6.07, 6.45) is 2.12. The maximum absolute atomic E-state index is 6.28. The monoisotopic (exact) mass is 299 g/mol. The molecule has 0 heterocycles. The first kappa shape index (κ1) is 15.1. The van der Waals surface area contributed by atoms with E-state index in [1.807, 2.05) is 12.1 Å². The minimum atomic E-state index is 0.296. The molecule has 114 valence electrons. The number of benzene rings is 3. The molecule has 1 nitrogen and oxygen atoms in total. The number of hydrogen-bond acceptors (Lipinski definition) is 1. The number of hydrogen-bond donors (Lipinski definition) is 1. The van der Waals surface area contributed by atoms with Gasteiger partial charge in [-0.25, -0.2) is 0 Å². The zero-order chi connectivity index (χ0) is 16.1. The highest BCUT2D eigenvalue weighted by Crippen LogP contribution is 2.23. The standard InChI is InChI=1S/C22H21N/c1-17(18-8-4-2-5-9-18)16-22(23)21-14-12-20(13-15-21)19-10-6-3-7-11-19/h2-17H,23H2,1H3/b22-16-. The maximum Gasteiger partial charge on any atom is 0.0353 e. The first-order valence-corrected chi connectivity index (χ1v) is 7.92. The van der Waals surface area contributed by atoms with Gasteiger partial charge >= 0.3 is 0 Å². The molecule has 1 atom stereocenters. The van der Waals surface area contributed by atoms with Crippen molar-refractivity contribution in [2.45, 2.75) is 12.8 Å². The number of nitrogens with two attached hydrogens (primary N) is 1. The van der Waals surface area contributed by atoms with Crippen molar-refractivity contribution in [1.82, 2.24) is 0 Å². The summed E-state index contributed by atoms with van der Waals surface area (Å²) in [5, 5.41) is 0. The van der Waals surface area contributed by atoms with E-state index < -0.39 is 0 Å². The number of allylic oxidation sites excluding steroid dienone is 1. The predicted octanol–water partition coefficient (Wildman–Crippen LogP) is 5.46. The van der Waals surface area contributed by atoms with E-state index in [4.69, 9.17) is 5.73 Å². The Morgan fingerprint density at radius 1 is 0.739 bits per heavy atom. The van der Waals surface area contributed by atoms with Crippen LogP contribution in [-0.2, 0) is 0 Å². The van der Waals surface area contributed by atoms with Gasteiger partial charge in [0.2, 0.25) is 0 Å². The molecule has 0 aliphatic heterocycles. The highest BCUT2D eigenvalue weighted by atomic mass is 14.6. The quantitative estimate of drug-likeness (QED) is 0.680. The van der Waals surface area contributed by atoms with Crippen molar-refractivity contribution in [3.8, 4) is 11.1 Å². The lowest BCUT2D eigenvalue weighted by atomic mass is 9.97. The van der Waals surface area contributed by atoms with E-state index in [9.17, 15) is 0 Å². The second-order valence-corrected chi connectivity index (χ2v) is 5.76. The molecule has 0 aliphatic rings. The van der Waals surface area contributed by atoms with Gasteiger partial charge in [-0.05, 0) is 22.3 Å². The molecular formula is C22H21N. The second kappa shape index (κ2) is 6.97. The SMILES string of the molecule is CC(/C=C(\N)c1ccc(-c2ccccc2)cc1)c1ccccc1. The van der Waals surface area contributed by atoms with Crippen LogP contribution in [0.2, 0.25) is 0 Å². The van der Waals surface area contributed by atoms with E-state index >= 15 is 0 Å². The second-order valence-electron chi connectivity index (χ2n) is 5.76. The lowest BCUT2D eigenvalue weighted by molar-refractivity contribution is 0.967. The third-order valence-electron chi connectivity index (χ3n) is 4.08. The molecule has 1 unspecified atom stereocenters. The normalized spacial score (nSPS) is 12.8. The van der Waals surface area contributed by atoms with Crippen molar-refractivity contribution < 1.29 is 0 Å². The molecule has 0 amide bonds. The van der Waals surface area contributed by atoms with Crippen molar-refractivity contribution in [3.63, 3.8) is 0 Å². The van der Waals surface area contributed by atoms with Gasteiger partial charge in [0.15, 0.2) is 0 Å². The van der Waals surface area contributed by atoms with Gasteiger partial charge in [0.25, 0.3) is 0 Å². The summed E-state index contributed by atoms with van der Waals surface area (Å²) < 4.78 is 0. The molecule has 0 radical (unpaired) electrons. The first-order chi connectivity index (χ1) is 11.2. The summed E-state index contributed by atoms with van der Waals surface area (Å²) in [5.74, 6) is 0.296. The van der Waals surface area contributed by atoms with Crippen LogP contribution in [0.3, 0.4) is 0 Å². The Hall–Kier alpha value is -2.80. The minimum Gasteiger partial charge on any atom is -0.398 e. The molecule has 0 fully saturated rings. The van der Waals surface area contributed by atoms with Crippen LogP contribution in [-0.4, -0.2) is 0 Å². The molecule has 0 spiro atoms. The lowest BCUT2D eigenvalue weighted by Gasteiger charge is -2.10. The van der Waals surface area contributed by atoms with E-state index in [1.165, 1.54) is 16.7 Å². The molecule has 3 aromatic carbocycles. The average Bonchev–Trinajstić information content (AvgIpc) is 2.63. The molecule has 2 N–H and O–H groups in total. The Morgan fingerprint density at radius 3 is 1.87 bits per heavy atom. The van der Waals surface area contributed by atoms with Gasteiger partial charge in [-0.1, -0.05) is 97.9 Å². The number of rotatable bonds is 4. The molecule has 0 bridgehead atoms. The average molecular weight is 299 g/mol. The maximum atomic E-state index is 6.28. The Kier molecular flexibility index (Phi) is 4.58. The Bertz CT molecular complexity index is 771. The molecule has 1 heteroatoms. The van der Waals surface area contributed by atoms with Gasteiger partial charge in [0.05, 0.1) is 0 Å². The molecule has 0 aliphatic carbocycles. The summed E-state index contributed by atoms with van der Waals surface area (Å²) in [5.41, 5.74) is 11.9. The van der Waals surface area contributed by atoms with Gasteiger partial charge in [-0.15, -0.1) is 0 Å². The van der Waals surface area contributed by atoms with Gasteiger partial charge < -0.3 is 5.73 Å². The Balaban J connectivity index is 1.80. The predicted molar refractivity (Wildman–Crippen MR) is 98.9 cm³/mol. The molecule has 0 saturated heterocycles. The first-order valence-electron chi connectivity index (χ1n) is 7.92. The fourth-order valence-corrected chi connectivity index (χ4v) is 2.70. The fraction of sp³-hybridized carbons (Fsp3) is 0.0909. The molecule has 0 aromatic heterocycles. The van der Waals surface area contributed by atoms with Crippen LogP contribution in [0.15, 0.2) is 91.0 Å². The van der Waals surface area contributed by atoms with Crippen LogP contribution >= 0.6 is 0 Å².